The van der Waals surface area contributed by atoms with Gasteiger partial charge in [0.15, 0.2) is 0 Å². The average molecular weight is 258 g/mol. The Labute approximate surface area is 102 Å². The summed E-state index contributed by atoms with van der Waals surface area (Å²) >= 11 is 0. The standard InChI is InChI=1S/C11H18N2O3S/c1-17(15,16)13-8-7-12-9-11(14)10-5-3-2-4-6-10/h2-6,11-14H,7-9H2,1H3. The van der Waals surface area contributed by atoms with E-state index in [-0.39, 0.29) is 0 Å². The Morgan fingerprint density at radius 1 is 1.24 bits per heavy atom. The molecule has 0 saturated heterocycles. The Morgan fingerprint density at radius 2 is 1.88 bits per heavy atom. The molecule has 0 amide bonds. The zero-order chi connectivity index (χ0) is 12.7. The van der Waals surface area contributed by atoms with Gasteiger partial charge in [0.05, 0.1) is 12.4 Å². The Hall–Kier alpha value is -0.950. The van der Waals surface area contributed by atoms with Crippen LogP contribution >= 0.6 is 0 Å². The maximum absolute atomic E-state index is 10.8. The van der Waals surface area contributed by atoms with Gasteiger partial charge < -0.3 is 10.4 Å². The molecule has 96 valence electrons. The first-order valence-electron chi connectivity index (χ1n) is 5.37. The minimum atomic E-state index is -3.13. The van der Waals surface area contributed by atoms with Crippen molar-refractivity contribution in [3.63, 3.8) is 0 Å². The second-order valence-corrected chi connectivity index (χ2v) is 5.63. The predicted molar refractivity (Wildman–Crippen MR) is 67.1 cm³/mol. The molecular weight excluding hydrogens is 240 g/mol. The first-order valence-corrected chi connectivity index (χ1v) is 7.26. The predicted octanol–water partition coefficient (Wildman–Crippen LogP) is -0.141. The fraction of sp³-hybridized carbons (Fsp3) is 0.455. The maximum Gasteiger partial charge on any atom is 0.208 e. The van der Waals surface area contributed by atoms with Gasteiger partial charge in [-0.1, -0.05) is 30.3 Å². The van der Waals surface area contributed by atoms with Gasteiger partial charge in [-0.3, -0.25) is 0 Å². The molecule has 0 aliphatic rings. The second kappa shape index (κ2) is 6.70. The first kappa shape index (κ1) is 14.1. The van der Waals surface area contributed by atoms with Crippen LogP contribution in [0.15, 0.2) is 30.3 Å². The number of sulfonamides is 1. The van der Waals surface area contributed by atoms with E-state index in [1.807, 2.05) is 30.3 Å². The van der Waals surface area contributed by atoms with Gasteiger partial charge in [-0.05, 0) is 5.56 Å². The molecule has 1 aromatic rings. The second-order valence-electron chi connectivity index (χ2n) is 3.80. The van der Waals surface area contributed by atoms with E-state index < -0.39 is 16.1 Å². The van der Waals surface area contributed by atoms with Crippen molar-refractivity contribution in [2.75, 3.05) is 25.9 Å². The zero-order valence-electron chi connectivity index (χ0n) is 9.76. The Balaban J connectivity index is 2.19. The molecule has 5 nitrogen and oxygen atoms in total. The molecule has 0 aliphatic heterocycles. The third-order valence-electron chi connectivity index (χ3n) is 2.19. The molecule has 0 heterocycles. The van der Waals surface area contributed by atoms with Crippen molar-refractivity contribution >= 4 is 10.0 Å². The normalized spacial score (nSPS) is 13.5. The quantitative estimate of drug-likeness (QED) is 0.595. The molecule has 6 heteroatoms. The van der Waals surface area contributed by atoms with Crippen molar-refractivity contribution in [1.29, 1.82) is 0 Å². The van der Waals surface area contributed by atoms with Crippen LogP contribution < -0.4 is 10.0 Å². The molecule has 0 fully saturated rings. The Bertz CT molecular complexity index is 420. The fourth-order valence-corrected chi connectivity index (χ4v) is 1.83. The lowest BCUT2D eigenvalue weighted by atomic mass is 10.1. The molecular formula is C11H18N2O3S. The van der Waals surface area contributed by atoms with E-state index in [9.17, 15) is 13.5 Å². The summed E-state index contributed by atoms with van der Waals surface area (Å²) in [6.07, 6.45) is 0.542. The highest BCUT2D eigenvalue weighted by Crippen LogP contribution is 2.09. The molecule has 0 aliphatic carbocycles. The van der Waals surface area contributed by atoms with E-state index >= 15 is 0 Å². The molecule has 0 radical (unpaired) electrons. The summed E-state index contributed by atoms with van der Waals surface area (Å²) in [7, 11) is -3.13. The Morgan fingerprint density at radius 3 is 2.47 bits per heavy atom. The van der Waals surface area contributed by atoms with Crippen LogP contribution in [0.4, 0.5) is 0 Å². The van der Waals surface area contributed by atoms with Crippen LogP contribution in [0, 0.1) is 0 Å². The largest absolute Gasteiger partial charge is 0.387 e. The summed E-state index contributed by atoms with van der Waals surface area (Å²) in [5.41, 5.74) is 0.844. The highest BCUT2D eigenvalue weighted by molar-refractivity contribution is 7.88. The van der Waals surface area contributed by atoms with Crippen molar-refractivity contribution in [3.05, 3.63) is 35.9 Å². The third kappa shape index (κ3) is 6.38. The van der Waals surface area contributed by atoms with Crippen molar-refractivity contribution in [3.8, 4) is 0 Å². The average Bonchev–Trinajstić information content (AvgIpc) is 2.28. The summed E-state index contributed by atoms with van der Waals surface area (Å²) in [6.45, 7) is 1.20. The van der Waals surface area contributed by atoms with Gasteiger partial charge in [-0.2, -0.15) is 0 Å². The van der Waals surface area contributed by atoms with Crippen LogP contribution in [0.3, 0.4) is 0 Å². The van der Waals surface area contributed by atoms with Gasteiger partial charge in [-0.15, -0.1) is 0 Å². The van der Waals surface area contributed by atoms with Crippen molar-refractivity contribution in [1.82, 2.24) is 10.0 Å². The lowest BCUT2D eigenvalue weighted by Gasteiger charge is -2.12. The van der Waals surface area contributed by atoms with Crippen molar-refractivity contribution in [2.24, 2.45) is 0 Å². The van der Waals surface area contributed by atoms with E-state index in [0.29, 0.717) is 19.6 Å². The monoisotopic (exact) mass is 258 g/mol. The zero-order valence-corrected chi connectivity index (χ0v) is 10.6. The first-order chi connectivity index (χ1) is 7.99. The number of hydrogen-bond donors (Lipinski definition) is 3. The van der Waals surface area contributed by atoms with E-state index in [1.165, 1.54) is 0 Å². The molecule has 0 bridgehead atoms. The number of benzene rings is 1. The van der Waals surface area contributed by atoms with Crippen molar-refractivity contribution in [2.45, 2.75) is 6.10 Å². The van der Waals surface area contributed by atoms with E-state index in [4.69, 9.17) is 0 Å². The van der Waals surface area contributed by atoms with Gasteiger partial charge in [-0.25, -0.2) is 13.1 Å². The van der Waals surface area contributed by atoms with Crippen LogP contribution in [-0.2, 0) is 10.0 Å². The van der Waals surface area contributed by atoms with E-state index in [2.05, 4.69) is 10.0 Å². The van der Waals surface area contributed by atoms with Crippen LogP contribution in [0.25, 0.3) is 0 Å². The van der Waals surface area contributed by atoms with Crippen LogP contribution in [-0.4, -0.2) is 39.4 Å². The summed E-state index contributed by atoms with van der Waals surface area (Å²) < 4.78 is 23.9. The highest BCUT2D eigenvalue weighted by Gasteiger charge is 2.05. The van der Waals surface area contributed by atoms with E-state index in [0.717, 1.165) is 11.8 Å². The van der Waals surface area contributed by atoms with Gasteiger partial charge in [0.1, 0.15) is 0 Å². The molecule has 0 aromatic heterocycles. The minimum Gasteiger partial charge on any atom is -0.387 e. The minimum absolute atomic E-state index is 0.320. The topological polar surface area (TPSA) is 78.4 Å². The molecule has 1 aromatic carbocycles. The SMILES string of the molecule is CS(=O)(=O)NCCNCC(O)c1ccccc1. The summed E-state index contributed by atoms with van der Waals surface area (Å²) in [4.78, 5) is 0. The molecule has 3 N–H and O–H groups in total. The maximum atomic E-state index is 10.8. The molecule has 0 saturated carbocycles. The summed E-state index contributed by atoms with van der Waals surface area (Å²) in [5, 5.41) is 12.8. The van der Waals surface area contributed by atoms with Crippen molar-refractivity contribution < 1.29 is 13.5 Å². The van der Waals surface area contributed by atoms with E-state index in [1.54, 1.807) is 0 Å². The molecule has 17 heavy (non-hydrogen) atoms. The van der Waals surface area contributed by atoms with Gasteiger partial charge in [0, 0.05) is 19.6 Å². The smallest absolute Gasteiger partial charge is 0.208 e. The van der Waals surface area contributed by atoms with Gasteiger partial charge in [0.2, 0.25) is 10.0 Å². The van der Waals surface area contributed by atoms with Crippen LogP contribution in [0.2, 0.25) is 0 Å². The van der Waals surface area contributed by atoms with Crippen LogP contribution in [0.5, 0.6) is 0 Å². The molecule has 1 atom stereocenters. The number of aliphatic hydroxyl groups is 1. The highest BCUT2D eigenvalue weighted by atomic mass is 32.2. The molecule has 1 rings (SSSR count). The fourth-order valence-electron chi connectivity index (χ4n) is 1.36. The number of rotatable bonds is 7. The van der Waals surface area contributed by atoms with Gasteiger partial charge >= 0.3 is 0 Å². The molecule has 1 unspecified atom stereocenters. The lowest BCUT2D eigenvalue weighted by Crippen LogP contribution is -2.32. The number of nitrogens with one attached hydrogen (secondary N) is 2. The number of hydrogen-bond acceptors (Lipinski definition) is 4. The third-order valence-corrected chi connectivity index (χ3v) is 2.92. The molecule has 0 spiro atoms. The number of aliphatic hydroxyl groups excluding tert-OH is 1. The Kier molecular flexibility index (Phi) is 5.57. The van der Waals surface area contributed by atoms with Gasteiger partial charge in [0.25, 0.3) is 0 Å². The summed E-state index contributed by atoms with van der Waals surface area (Å²) in [5.74, 6) is 0. The van der Waals surface area contributed by atoms with Crippen LogP contribution in [0.1, 0.15) is 11.7 Å². The lowest BCUT2D eigenvalue weighted by molar-refractivity contribution is 0.175. The summed E-state index contributed by atoms with van der Waals surface area (Å²) in [6, 6.07) is 9.31.